The van der Waals surface area contributed by atoms with Crippen LogP contribution in [0.1, 0.15) is 155 Å². The van der Waals surface area contributed by atoms with Gasteiger partial charge in [0.1, 0.15) is 0 Å². The number of hydrogen-bond acceptors (Lipinski definition) is 3. The van der Waals surface area contributed by atoms with E-state index in [1.807, 2.05) is 0 Å². The van der Waals surface area contributed by atoms with Crippen LogP contribution in [0.15, 0.2) is 0 Å². The van der Waals surface area contributed by atoms with Gasteiger partial charge in [0.05, 0.1) is 5.97 Å². The molecule has 0 spiro atoms. The maximum absolute atomic E-state index is 11.1. The second kappa shape index (κ2) is 29.5. The van der Waals surface area contributed by atoms with E-state index in [-0.39, 0.29) is 36.1 Å². The SMILES string of the molecule is CCCCCCCCCCCCCN(CCCCCCCCCCCCC)CC(=O)[O-].[Na+]. The van der Waals surface area contributed by atoms with Gasteiger partial charge in [-0.3, -0.25) is 4.90 Å². The number of aliphatic carboxylic acids is 1. The van der Waals surface area contributed by atoms with E-state index in [1.54, 1.807) is 0 Å². The number of carboxylic acids is 1. The predicted molar refractivity (Wildman–Crippen MR) is 134 cm³/mol. The smallest absolute Gasteiger partial charge is 0.549 e. The minimum atomic E-state index is -0.925. The van der Waals surface area contributed by atoms with Crippen molar-refractivity contribution in [3.8, 4) is 0 Å². The summed E-state index contributed by atoms with van der Waals surface area (Å²) in [6.07, 6.45) is 29.4. The first-order valence-electron chi connectivity index (χ1n) is 14.1. The van der Waals surface area contributed by atoms with Crippen LogP contribution in [0, 0.1) is 0 Å². The average Bonchev–Trinajstić information content (AvgIpc) is 2.75. The van der Waals surface area contributed by atoms with Crippen LogP contribution in [0.3, 0.4) is 0 Å². The minimum Gasteiger partial charge on any atom is -0.549 e. The van der Waals surface area contributed by atoms with Crippen LogP contribution in [0.25, 0.3) is 0 Å². The molecule has 0 aliphatic rings. The first-order valence-corrected chi connectivity index (χ1v) is 14.1. The fraction of sp³-hybridized carbons (Fsp3) is 0.964. The summed E-state index contributed by atoms with van der Waals surface area (Å²) in [6, 6.07) is 0. The van der Waals surface area contributed by atoms with Crippen molar-refractivity contribution in [2.24, 2.45) is 0 Å². The summed E-state index contributed by atoms with van der Waals surface area (Å²) in [5.41, 5.74) is 0. The van der Waals surface area contributed by atoms with E-state index in [1.165, 1.54) is 128 Å². The Bertz CT molecular complexity index is 339. The monoisotopic (exact) mass is 461 g/mol. The molecule has 0 amide bonds. The van der Waals surface area contributed by atoms with E-state index in [2.05, 4.69) is 18.7 Å². The Morgan fingerprint density at radius 2 is 0.750 bits per heavy atom. The zero-order chi connectivity index (χ0) is 22.8. The molecule has 32 heavy (non-hydrogen) atoms. The van der Waals surface area contributed by atoms with Crippen molar-refractivity contribution in [2.75, 3.05) is 19.6 Å². The minimum absolute atomic E-state index is 0. The number of unbranched alkanes of at least 4 members (excludes halogenated alkanes) is 20. The summed E-state index contributed by atoms with van der Waals surface area (Å²) in [5.74, 6) is -0.925. The Balaban J connectivity index is 0. The molecular weight excluding hydrogens is 405 g/mol. The first kappa shape index (κ1) is 34.6. The Morgan fingerprint density at radius 1 is 0.500 bits per heavy atom. The molecular formula is C28H56NNaO2. The van der Waals surface area contributed by atoms with Gasteiger partial charge in [-0.05, 0) is 25.9 Å². The fourth-order valence-corrected chi connectivity index (χ4v) is 4.45. The predicted octanol–water partition coefficient (Wildman–Crippen LogP) is 4.66. The van der Waals surface area contributed by atoms with Crippen molar-refractivity contribution < 1.29 is 39.5 Å². The average molecular weight is 462 g/mol. The summed E-state index contributed by atoms with van der Waals surface area (Å²) < 4.78 is 0. The largest absolute Gasteiger partial charge is 1.00 e. The molecule has 0 atom stereocenters. The van der Waals surface area contributed by atoms with Gasteiger partial charge >= 0.3 is 29.6 Å². The Labute approximate surface area is 224 Å². The Kier molecular flexibility index (Phi) is 31.9. The van der Waals surface area contributed by atoms with Crippen LogP contribution in [-0.4, -0.2) is 30.5 Å². The second-order valence-corrected chi connectivity index (χ2v) is 9.72. The van der Waals surface area contributed by atoms with E-state index in [0.29, 0.717) is 0 Å². The van der Waals surface area contributed by atoms with Crippen LogP contribution < -0.4 is 34.7 Å². The molecule has 0 unspecified atom stereocenters. The van der Waals surface area contributed by atoms with Crippen molar-refractivity contribution in [1.29, 1.82) is 0 Å². The van der Waals surface area contributed by atoms with Crippen molar-refractivity contribution in [1.82, 2.24) is 4.90 Å². The molecule has 0 aliphatic heterocycles. The third-order valence-electron chi connectivity index (χ3n) is 6.51. The quantitative estimate of drug-likeness (QED) is 0.139. The van der Waals surface area contributed by atoms with Crippen LogP contribution in [-0.2, 0) is 4.79 Å². The number of carboxylic acid groups (broad SMARTS) is 1. The molecule has 3 nitrogen and oxygen atoms in total. The van der Waals surface area contributed by atoms with Crippen molar-refractivity contribution >= 4 is 5.97 Å². The maximum Gasteiger partial charge on any atom is 1.00 e. The number of hydrogen-bond donors (Lipinski definition) is 0. The van der Waals surface area contributed by atoms with Gasteiger partial charge in [-0.15, -0.1) is 0 Å². The summed E-state index contributed by atoms with van der Waals surface area (Å²) in [4.78, 5) is 13.2. The van der Waals surface area contributed by atoms with Crippen LogP contribution in [0.4, 0.5) is 0 Å². The first-order chi connectivity index (χ1) is 15.2. The normalized spacial score (nSPS) is 11.1. The molecule has 0 rings (SSSR count). The molecule has 0 aromatic rings. The molecule has 0 saturated heterocycles. The summed E-state index contributed by atoms with van der Waals surface area (Å²) in [5, 5.41) is 11.1. The van der Waals surface area contributed by atoms with Crippen molar-refractivity contribution in [3.63, 3.8) is 0 Å². The van der Waals surface area contributed by atoms with Gasteiger partial charge in [0.2, 0.25) is 0 Å². The molecule has 0 aromatic heterocycles. The molecule has 0 aromatic carbocycles. The van der Waals surface area contributed by atoms with Crippen LogP contribution in [0.2, 0.25) is 0 Å². The van der Waals surface area contributed by atoms with Gasteiger partial charge < -0.3 is 9.90 Å². The summed E-state index contributed by atoms with van der Waals surface area (Å²) in [6.45, 7) is 6.49. The second-order valence-electron chi connectivity index (χ2n) is 9.72. The van der Waals surface area contributed by atoms with Gasteiger partial charge in [0.15, 0.2) is 0 Å². The van der Waals surface area contributed by atoms with Crippen molar-refractivity contribution in [2.45, 2.75) is 155 Å². The van der Waals surface area contributed by atoms with Crippen LogP contribution in [0.5, 0.6) is 0 Å². The van der Waals surface area contributed by atoms with E-state index in [4.69, 9.17) is 0 Å². The van der Waals surface area contributed by atoms with Gasteiger partial charge in [-0.25, -0.2) is 0 Å². The molecule has 0 heterocycles. The molecule has 0 N–H and O–H groups in total. The van der Waals surface area contributed by atoms with E-state index in [9.17, 15) is 9.90 Å². The topological polar surface area (TPSA) is 43.4 Å². The molecule has 186 valence electrons. The molecule has 0 saturated carbocycles. The Morgan fingerprint density at radius 3 is 1.00 bits per heavy atom. The number of nitrogens with zero attached hydrogens (tertiary/aromatic N) is 1. The van der Waals surface area contributed by atoms with E-state index >= 15 is 0 Å². The molecule has 0 aliphatic carbocycles. The molecule has 0 bridgehead atoms. The van der Waals surface area contributed by atoms with E-state index in [0.717, 1.165) is 25.9 Å². The summed E-state index contributed by atoms with van der Waals surface area (Å²) >= 11 is 0. The third kappa shape index (κ3) is 28.5. The molecule has 0 fully saturated rings. The zero-order valence-corrected chi connectivity index (χ0v) is 24.4. The van der Waals surface area contributed by atoms with Gasteiger partial charge in [-0.1, -0.05) is 142 Å². The van der Waals surface area contributed by atoms with Gasteiger partial charge in [0.25, 0.3) is 0 Å². The fourth-order valence-electron chi connectivity index (χ4n) is 4.45. The Hall–Kier alpha value is 0.430. The summed E-state index contributed by atoms with van der Waals surface area (Å²) in [7, 11) is 0. The van der Waals surface area contributed by atoms with Gasteiger partial charge in [-0.2, -0.15) is 0 Å². The maximum atomic E-state index is 11.1. The molecule has 4 heteroatoms. The number of carbonyl (C=O) groups excluding carboxylic acids is 1. The van der Waals surface area contributed by atoms with Crippen LogP contribution >= 0.6 is 0 Å². The standard InChI is InChI=1S/C28H57NO2.Na/c1-3-5-7-9-11-13-15-17-19-21-23-25-29(27-28(30)31)26-24-22-20-18-16-14-12-10-8-6-4-2;/h3-27H2,1-2H3,(H,30,31);/q;+1/p-1. The molecule has 0 radical (unpaired) electrons. The third-order valence-corrected chi connectivity index (χ3v) is 6.51. The van der Waals surface area contributed by atoms with E-state index < -0.39 is 5.97 Å². The number of rotatable bonds is 26. The van der Waals surface area contributed by atoms with Crippen molar-refractivity contribution in [3.05, 3.63) is 0 Å². The zero-order valence-electron chi connectivity index (χ0n) is 22.4. The number of carbonyl (C=O) groups is 1. The van der Waals surface area contributed by atoms with Gasteiger partial charge in [0, 0.05) is 6.54 Å².